The van der Waals surface area contributed by atoms with Gasteiger partial charge in [0.05, 0.1) is 19.1 Å². The second-order valence-electron chi connectivity index (χ2n) is 4.54. The fourth-order valence-corrected chi connectivity index (χ4v) is 2.17. The van der Waals surface area contributed by atoms with Crippen molar-refractivity contribution in [2.24, 2.45) is 0 Å². The monoisotopic (exact) mass is 294 g/mol. The van der Waals surface area contributed by atoms with Crippen molar-refractivity contribution in [3.8, 4) is 34.5 Å². The Morgan fingerprint density at radius 2 is 2.00 bits per heavy atom. The highest BCUT2D eigenvalue weighted by Gasteiger charge is 2.17. The van der Waals surface area contributed by atoms with E-state index in [-0.39, 0.29) is 11.7 Å². The van der Waals surface area contributed by atoms with Crippen LogP contribution in [0, 0.1) is 17.1 Å². The highest BCUT2D eigenvalue weighted by atomic mass is 19.1. The molecule has 0 saturated carbocycles. The van der Waals surface area contributed by atoms with Crippen LogP contribution in [0.1, 0.15) is 5.56 Å². The Kier molecular flexibility index (Phi) is 3.58. The smallest absolute Gasteiger partial charge is 0.232 e. The van der Waals surface area contributed by atoms with Crippen molar-refractivity contribution in [3.05, 3.63) is 60.1 Å². The van der Waals surface area contributed by atoms with E-state index < -0.39 is 0 Å². The van der Waals surface area contributed by atoms with Gasteiger partial charge in [0.1, 0.15) is 23.2 Å². The summed E-state index contributed by atoms with van der Waals surface area (Å²) in [6.45, 7) is 0. The number of hydrogen-bond acceptors (Lipinski definition) is 4. The number of benzene rings is 1. The summed E-state index contributed by atoms with van der Waals surface area (Å²) >= 11 is 0. The molecule has 0 aliphatic heterocycles. The molecule has 3 rings (SSSR count). The Morgan fingerprint density at radius 3 is 2.59 bits per heavy atom. The molecule has 2 heterocycles. The molecule has 0 radical (unpaired) electrons. The molecule has 108 valence electrons. The zero-order valence-electron chi connectivity index (χ0n) is 11.7. The zero-order chi connectivity index (χ0) is 15.5. The van der Waals surface area contributed by atoms with Gasteiger partial charge in [-0.25, -0.2) is 9.37 Å². The second-order valence-corrected chi connectivity index (χ2v) is 4.54. The molecular weight excluding hydrogens is 283 g/mol. The van der Waals surface area contributed by atoms with E-state index >= 15 is 0 Å². The summed E-state index contributed by atoms with van der Waals surface area (Å²) in [5.41, 5.74) is 2.17. The molecule has 0 fully saturated rings. The summed E-state index contributed by atoms with van der Waals surface area (Å²) in [5.74, 6) is 0.423. The quantitative estimate of drug-likeness (QED) is 0.731. The van der Waals surface area contributed by atoms with Gasteiger partial charge in [0.25, 0.3) is 0 Å². The minimum atomic E-state index is -0.324. The van der Waals surface area contributed by atoms with Crippen LogP contribution in [0.2, 0.25) is 0 Å². The molecule has 0 atom stereocenters. The molecule has 5 heteroatoms. The third-order valence-corrected chi connectivity index (χ3v) is 3.22. The molecule has 1 aromatic carbocycles. The number of furan rings is 1. The predicted octanol–water partition coefficient (Wildman–Crippen LogP) is 4.03. The number of nitrogens with zero attached hydrogens (tertiary/aromatic N) is 2. The summed E-state index contributed by atoms with van der Waals surface area (Å²) in [5, 5.41) is 9.37. The molecule has 0 bridgehead atoms. The van der Waals surface area contributed by atoms with Crippen LogP contribution in [-0.4, -0.2) is 12.1 Å². The Morgan fingerprint density at radius 1 is 1.23 bits per heavy atom. The van der Waals surface area contributed by atoms with E-state index in [1.165, 1.54) is 25.5 Å². The first-order valence-corrected chi connectivity index (χ1v) is 6.52. The number of hydrogen-bond donors (Lipinski definition) is 0. The first kappa shape index (κ1) is 13.8. The van der Waals surface area contributed by atoms with Crippen LogP contribution in [0.5, 0.6) is 5.88 Å². The maximum absolute atomic E-state index is 13.1. The molecule has 3 aromatic rings. The molecule has 0 spiro atoms. The molecule has 0 amide bonds. The van der Waals surface area contributed by atoms with Crippen molar-refractivity contribution in [3.63, 3.8) is 0 Å². The molecule has 0 aliphatic rings. The number of ether oxygens (including phenoxy) is 1. The third-order valence-electron chi connectivity index (χ3n) is 3.22. The molecule has 2 aromatic heterocycles. The average Bonchev–Trinajstić information content (AvgIpc) is 3.08. The maximum atomic E-state index is 13.1. The number of nitriles is 1. The van der Waals surface area contributed by atoms with E-state index in [0.29, 0.717) is 22.6 Å². The molecule has 4 nitrogen and oxygen atoms in total. The molecule has 0 unspecified atom stereocenters. The molecule has 22 heavy (non-hydrogen) atoms. The van der Waals surface area contributed by atoms with Gasteiger partial charge in [-0.05, 0) is 42.5 Å². The van der Waals surface area contributed by atoms with Gasteiger partial charge < -0.3 is 9.15 Å². The van der Waals surface area contributed by atoms with Crippen molar-refractivity contribution in [1.29, 1.82) is 5.26 Å². The van der Waals surface area contributed by atoms with Gasteiger partial charge in [0, 0.05) is 11.1 Å². The van der Waals surface area contributed by atoms with Crippen LogP contribution in [0.4, 0.5) is 4.39 Å². The third kappa shape index (κ3) is 2.42. The minimum Gasteiger partial charge on any atom is -0.480 e. The van der Waals surface area contributed by atoms with E-state index in [1.54, 1.807) is 30.3 Å². The fraction of sp³-hybridized carbons (Fsp3) is 0.0588. The van der Waals surface area contributed by atoms with Crippen molar-refractivity contribution in [1.82, 2.24) is 4.98 Å². The molecule has 0 aliphatic carbocycles. The molecule has 0 saturated heterocycles. The predicted molar refractivity (Wildman–Crippen MR) is 78.6 cm³/mol. The van der Waals surface area contributed by atoms with Crippen molar-refractivity contribution < 1.29 is 13.5 Å². The summed E-state index contributed by atoms with van der Waals surface area (Å²) in [7, 11) is 1.45. The van der Waals surface area contributed by atoms with Crippen LogP contribution < -0.4 is 4.74 Å². The highest BCUT2D eigenvalue weighted by molar-refractivity contribution is 5.75. The second kappa shape index (κ2) is 5.70. The number of pyridine rings is 1. The van der Waals surface area contributed by atoms with Gasteiger partial charge in [0.15, 0.2) is 0 Å². The standard InChI is InChI=1S/C17H11FN2O2/c1-21-17-14(10-19)13(16-3-2-8-22-16)9-15(20-17)11-4-6-12(18)7-5-11/h2-9H,1H3. The van der Waals surface area contributed by atoms with Gasteiger partial charge in [0.2, 0.25) is 5.88 Å². The summed E-state index contributed by atoms with van der Waals surface area (Å²) in [6, 6.07) is 13.3. The minimum absolute atomic E-state index is 0.204. The Balaban J connectivity index is 2.23. The first-order valence-electron chi connectivity index (χ1n) is 6.52. The highest BCUT2D eigenvalue weighted by Crippen LogP contribution is 2.33. The molecular formula is C17H11FN2O2. The normalized spacial score (nSPS) is 10.2. The first-order chi connectivity index (χ1) is 10.7. The topological polar surface area (TPSA) is 59.1 Å². The average molecular weight is 294 g/mol. The lowest BCUT2D eigenvalue weighted by Gasteiger charge is -2.10. The van der Waals surface area contributed by atoms with Crippen molar-refractivity contribution in [2.45, 2.75) is 0 Å². The van der Waals surface area contributed by atoms with E-state index in [4.69, 9.17) is 9.15 Å². The van der Waals surface area contributed by atoms with Crippen LogP contribution >= 0.6 is 0 Å². The van der Waals surface area contributed by atoms with Gasteiger partial charge in [-0.1, -0.05) is 0 Å². The lowest BCUT2D eigenvalue weighted by Crippen LogP contribution is -1.97. The van der Waals surface area contributed by atoms with Gasteiger partial charge in [-0.15, -0.1) is 0 Å². The largest absolute Gasteiger partial charge is 0.480 e. The number of rotatable bonds is 3. The van der Waals surface area contributed by atoms with E-state index in [9.17, 15) is 9.65 Å². The van der Waals surface area contributed by atoms with Gasteiger partial charge >= 0.3 is 0 Å². The van der Waals surface area contributed by atoms with Crippen molar-refractivity contribution >= 4 is 0 Å². The summed E-state index contributed by atoms with van der Waals surface area (Å²) < 4.78 is 23.7. The fourth-order valence-electron chi connectivity index (χ4n) is 2.17. The van der Waals surface area contributed by atoms with Gasteiger partial charge in [-0.3, -0.25) is 0 Å². The summed E-state index contributed by atoms with van der Waals surface area (Å²) in [4.78, 5) is 4.32. The van der Waals surface area contributed by atoms with Crippen molar-refractivity contribution in [2.75, 3.05) is 7.11 Å². The van der Waals surface area contributed by atoms with Gasteiger partial charge in [-0.2, -0.15) is 5.26 Å². The van der Waals surface area contributed by atoms with Crippen LogP contribution in [0.15, 0.2) is 53.1 Å². The molecule has 0 N–H and O–H groups in total. The lowest BCUT2D eigenvalue weighted by atomic mass is 10.0. The maximum Gasteiger partial charge on any atom is 0.232 e. The van der Waals surface area contributed by atoms with Crippen LogP contribution in [0.25, 0.3) is 22.6 Å². The Labute approximate surface area is 126 Å². The summed E-state index contributed by atoms with van der Waals surface area (Å²) in [6.07, 6.45) is 1.53. The SMILES string of the molecule is COc1nc(-c2ccc(F)cc2)cc(-c2ccco2)c1C#N. The number of methoxy groups -OCH3 is 1. The Bertz CT molecular complexity index is 834. The Hall–Kier alpha value is -3.13. The number of aromatic nitrogens is 1. The van der Waals surface area contributed by atoms with Crippen LogP contribution in [-0.2, 0) is 0 Å². The van der Waals surface area contributed by atoms with E-state index in [0.717, 1.165) is 5.56 Å². The number of halogens is 1. The zero-order valence-corrected chi connectivity index (χ0v) is 11.7. The lowest BCUT2D eigenvalue weighted by molar-refractivity contribution is 0.397. The van der Waals surface area contributed by atoms with E-state index in [1.807, 2.05) is 0 Å². The van der Waals surface area contributed by atoms with Crippen LogP contribution in [0.3, 0.4) is 0 Å². The van der Waals surface area contributed by atoms with E-state index in [2.05, 4.69) is 11.1 Å².